The minimum Gasteiger partial charge on any atom is -0.435 e. The summed E-state index contributed by atoms with van der Waals surface area (Å²) in [5.41, 5.74) is 0. The predicted octanol–water partition coefficient (Wildman–Crippen LogP) is 4.84. The molecule has 6 nitrogen and oxygen atoms in total. The van der Waals surface area contributed by atoms with E-state index in [1.165, 1.54) is 12.8 Å². The van der Waals surface area contributed by atoms with Gasteiger partial charge in [0.1, 0.15) is 12.2 Å². The Labute approximate surface area is 145 Å². The van der Waals surface area contributed by atoms with Gasteiger partial charge in [-0.25, -0.2) is 9.59 Å². The summed E-state index contributed by atoms with van der Waals surface area (Å²) in [6, 6.07) is 0. The van der Waals surface area contributed by atoms with Gasteiger partial charge >= 0.3 is 12.3 Å². The number of hydrogen-bond acceptors (Lipinski definition) is 6. The van der Waals surface area contributed by atoms with Crippen LogP contribution in [0.5, 0.6) is 0 Å². The summed E-state index contributed by atoms with van der Waals surface area (Å²) in [5, 5.41) is 0. The van der Waals surface area contributed by atoms with Crippen LogP contribution in [0.15, 0.2) is 0 Å². The maximum atomic E-state index is 11.6. The van der Waals surface area contributed by atoms with Gasteiger partial charge in [-0.15, -0.1) is 0 Å². The number of carbonyl (C=O) groups is 2. The molecule has 0 unspecified atom stereocenters. The van der Waals surface area contributed by atoms with E-state index in [4.69, 9.17) is 18.9 Å². The summed E-state index contributed by atoms with van der Waals surface area (Å²) in [4.78, 5) is 22.9. The van der Waals surface area contributed by atoms with Crippen LogP contribution in [-0.4, -0.2) is 37.7 Å². The van der Waals surface area contributed by atoms with Crippen molar-refractivity contribution in [3.8, 4) is 0 Å². The lowest BCUT2D eigenvalue weighted by atomic mass is 9.95. The quantitative estimate of drug-likeness (QED) is 0.440. The van der Waals surface area contributed by atoms with E-state index in [0.717, 1.165) is 18.8 Å². The topological polar surface area (TPSA) is 71.1 Å². The fourth-order valence-electron chi connectivity index (χ4n) is 2.71. The monoisotopic (exact) mass is 344 g/mol. The fourth-order valence-corrected chi connectivity index (χ4v) is 2.71. The third-order valence-corrected chi connectivity index (χ3v) is 4.05. The molecule has 0 atom stereocenters. The number of hydrogen-bond donors (Lipinski definition) is 0. The molecule has 0 bridgehead atoms. The highest BCUT2D eigenvalue weighted by Gasteiger charge is 2.27. The molecule has 1 aliphatic rings. The minimum absolute atomic E-state index is 0.152. The van der Waals surface area contributed by atoms with Gasteiger partial charge in [-0.1, -0.05) is 33.1 Å². The highest BCUT2D eigenvalue weighted by atomic mass is 16.7. The molecule has 6 heteroatoms. The van der Waals surface area contributed by atoms with Crippen LogP contribution in [0.3, 0.4) is 0 Å². The molecule has 0 amide bonds. The maximum Gasteiger partial charge on any atom is 0.508 e. The lowest BCUT2D eigenvalue weighted by molar-refractivity contribution is -0.0260. The average Bonchev–Trinajstić information content (AvgIpc) is 2.52. The van der Waals surface area contributed by atoms with Crippen molar-refractivity contribution in [2.45, 2.75) is 84.3 Å². The second-order valence-corrected chi connectivity index (χ2v) is 6.66. The van der Waals surface area contributed by atoms with Crippen molar-refractivity contribution in [2.75, 3.05) is 13.2 Å². The molecule has 0 N–H and O–H groups in total. The first-order valence-electron chi connectivity index (χ1n) is 9.18. The zero-order chi connectivity index (χ0) is 17.8. The molecule has 0 radical (unpaired) electrons. The molecular formula is C18H32O6. The van der Waals surface area contributed by atoms with Gasteiger partial charge < -0.3 is 18.9 Å². The van der Waals surface area contributed by atoms with Crippen molar-refractivity contribution in [3.05, 3.63) is 0 Å². The van der Waals surface area contributed by atoms with Crippen molar-refractivity contribution in [3.63, 3.8) is 0 Å². The SMILES string of the molecule is CCOC(=O)OC1CCC(OC(=O)OCCCCCC(C)C)CC1. The molecule has 0 aromatic carbocycles. The first-order chi connectivity index (χ1) is 11.5. The van der Waals surface area contributed by atoms with Crippen LogP contribution in [0.1, 0.15) is 72.1 Å². The molecule has 1 saturated carbocycles. The van der Waals surface area contributed by atoms with Crippen LogP contribution in [-0.2, 0) is 18.9 Å². The molecular weight excluding hydrogens is 312 g/mol. The van der Waals surface area contributed by atoms with E-state index < -0.39 is 12.3 Å². The lowest BCUT2D eigenvalue weighted by Gasteiger charge is -2.27. The van der Waals surface area contributed by atoms with Crippen LogP contribution < -0.4 is 0 Å². The van der Waals surface area contributed by atoms with Crippen molar-refractivity contribution < 1.29 is 28.5 Å². The summed E-state index contributed by atoms with van der Waals surface area (Å²) in [7, 11) is 0. The predicted molar refractivity (Wildman–Crippen MR) is 89.9 cm³/mol. The number of carbonyl (C=O) groups excluding carboxylic acids is 2. The maximum absolute atomic E-state index is 11.6. The van der Waals surface area contributed by atoms with Gasteiger partial charge in [-0.3, -0.25) is 0 Å². The van der Waals surface area contributed by atoms with Gasteiger partial charge in [-0.2, -0.15) is 0 Å². The Kier molecular flexibility index (Phi) is 10.3. The second kappa shape index (κ2) is 12.0. The first-order valence-corrected chi connectivity index (χ1v) is 9.18. The highest BCUT2D eigenvalue weighted by molar-refractivity contribution is 5.60. The Bertz CT molecular complexity index is 361. The molecule has 0 aromatic rings. The summed E-state index contributed by atoms with van der Waals surface area (Å²) in [6.07, 6.45) is 5.50. The molecule has 1 aliphatic carbocycles. The van der Waals surface area contributed by atoms with Crippen molar-refractivity contribution in [1.29, 1.82) is 0 Å². The van der Waals surface area contributed by atoms with Gasteiger partial charge in [0.05, 0.1) is 13.2 Å². The van der Waals surface area contributed by atoms with Gasteiger partial charge in [0.2, 0.25) is 0 Å². The lowest BCUT2D eigenvalue weighted by Crippen LogP contribution is -2.30. The Balaban J connectivity index is 2.05. The standard InChI is InChI=1S/C18H32O6/c1-4-21-17(19)23-15-9-11-16(12-10-15)24-18(20)22-13-7-5-6-8-14(2)3/h14-16H,4-13H2,1-3H3. The van der Waals surface area contributed by atoms with Crippen LogP contribution in [0, 0.1) is 5.92 Å². The van der Waals surface area contributed by atoms with Crippen LogP contribution in [0.2, 0.25) is 0 Å². The van der Waals surface area contributed by atoms with Crippen LogP contribution >= 0.6 is 0 Å². The minimum atomic E-state index is -0.626. The summed E-state index contributed by atoms with van der Waals surface area (Å²) in [6.45, 7) is 6.88. The average molecular weight is 344 g/mol. The summed E-state index contributed by atoms with van der Waals surface area (Å²) < 4.78 is 20.3. The zero-order valence-electron chi connectivity index (χ0n) is 15.3. The van der Waals surface area contributed by atoms with E-state index in [2.05, 4.69) is 13.8 Å². The smallest absolute Gasteiger partial charge is 0.435 e. The van der Waals surface area contributed by atoms with E-state index >= 15 is 0 Å². The molecule has 0 aliphatic heterocycles. The Morgan fingerprint density at radius 3 is 1.92 bits per heavy atom. The molecule has 0 spiro atoms. The second-order valence-electron chi connectivity index (χ2n) is 6.66. The fraction of sp³-hybridized carbons (Fsp3) is 0.889. The Morgan fingerprint density at radius 1 is 0.875 bits per heavy atom. The van der Waals surface area contributed by atoms with E-state index in [1.54, 1.807) is 6.92 Å². The molecule has 0 aromatic heterocycles. The number of rotatable bonds is 9. The molecule has 1 fully saturated rings. The third-order valence-electron chi connectivity index (χ3n) is 4.05. The molecule has 1 rings (SSSR count). The third kappa shape index (κ3) is 9.63. The van der Waals surface area contributed by atoms with Crippen molar-refractivity contribution in [2.24, 2.45) is 5.92 Å². The Hall–Kier alpha value is -1.46. The van der Waals surface area contributed by atoms with Crippen molar-refractivity contribution in [1.82, 2.24) is 0 Å². The summed E-state index contributed by atoms with van der Waals surface area (Å²) in [5.74, 6) is 0.721. The van der Waals surface area contributed by atoms with Gasteiger partial charge in [0.15, 0.2) is 0 Å². The van der Waals surface area contributed by atoms with Gasteiger partial charge in [-0.05, 0) is 44.9 Å². The van der Waals surface area contributed by atoms with E-state index in [-0.39, 0.29) is 12.2 Å². The first kappa shape index (κ1) is 20.6. The van der Waals surface area contributed by atoms with Crippen molar-refractivity contribution >= 4 is 12.3 Å². The summed E-state index contributed by atoms with van der Waals surface area (Å²) >= 11 is 0. The van der Waals surface area contributed by atoms with Gasteiger partial charge in [0.25, 0.3) is 0 Å². The number of unbranched alkanes of at least 4 members (excludes halogenated alkanes) is 2. The van der Waals surface area contributed by atoms with E-state index in [9.17, 15) is 9.59 Å². The highest BCUT2D eigenvalue weighted by Crippen LogP contribution is 2.24. The van der Waals surface area contributed by atoms with E-state index in [1.807, 2.05) is 0 Å². The number of ether oxygens (including phenoxy) is 4. The van der Waals surface area contributed by atoms with Crippen LogP contribution in [0.25, 0.3) is 0 Å². The Morgan fingerprint density at radius 2 is 1.42 bits per heavy atom. The van der Waals surface area contributed by atoms with Gasteiger partial charge in [0, 0.05) is 0 Å². The molecule has 140 valence electrons. The van der Waals surface area contributed by atoms with Crippen LogP contribution in [0.4, 0.5) is 9.59 Å². The molecule has 0 saturated heterocycles. The molecule has 24 heavy (non-hydrogen) atoms. The van der Waals surface area contributed by atoms with E-state index in [0.29, 0.717) is 38.9 Å². The zero-order valence-corrected chi connectivity index (χ0v) is 15.3. The largest absolute Gasteiger partial charge is 0.508 e. The normalized spacial score (nSPS) is 20.5. The molecule has 0 heterocycles.